The lowest BCUT2D eigenvalue weighted by atomic mass is 10.2. The van der Waals surface area contributed by atoms with Crippen molar-refractivity contribution >= 4 is 44.1 Å². The van der Waals surface area contributed by atoms with Gasteiger partial charge in [0.2, 0.25) is 0 Å². The van der Waals surface area contributed by atoms with E-state index in [0.717, 1.165) is 26.6 Å². The fourth-order valence-electron chi connectivity index (χ4n) is 2.03. The van der Waals surface area contributed by atoms with Crippen molar-refractivity contribution in [3.63, 3.8) is 0 Å². The van der Waals surface area contributed by atoms with Gasteiger partial charge in [0.25, 0.3) is 0 Å². The van der Waals surface area contributed by atoms with Crippen LogP contribution >= 0.6 is 27.5 Å². The van der Waals surface area contributed by atoms with Crippen LogP contribution in [0.3, 0.4) is 0 Å². The van der Waals surface area contributed by atoms with Crippen LogP contribution in [0.15, 0.2) is 53.4 Å². The van der Waals surface area contributed by atoms with E-state index in [1.807, 2.05) is 36.5 Å². The largest absolute Gasteiger partial charge is 0.379 e. The molecule has 3 nitrogen and oxygen atoms in total. The standard InChI is InChI=1S/C15H11BrClN3/c16-11-6-10(7-18-9-11)8-20-14-4-3-13(17)12-2-1-5-19-15(12)14/h1-7,9,20H,8H2. The Balaban J connectivity index is 1.90. The highest BCUT2D eigenvalue weighted by Gasteiger charge is 2.05. The Bertz CT molecular complexity index is 761. The Labute approximate surface area is 130 Å². The molecule has 0 fully saturated rings. The van der Waals surface area contributed by atoms with E-state index in [-0.39, 0.29) is 0 Å². The number of rotatable bonds is 3. The first-order valence-electron chi connectivity index (χ1n) is 6.10. The van der Waals surface area contributed by atoms with Gasteiger partial charge in [-0.05, 0) is 51.8 Å². The molecule has 0 atom stereocenters. The van der Waals surface area contributed by atoms with Crippen LogP contribution in [-0.2, 0) is 6.54 Å². The molecule has 100 valence electrons. The molecule has 0 bridgehead atoms. The van der Waals surface area contributed by atoms with Crippen molar-refractivity contribution in [2.45, 2.75) is 6.54 Å². The quantitative estimate of drug-likeness (QED) is 0.748. The normalized spacial score (nSPS) is 10.7. The molecule has 0 saturated heterocycles. The summed E-state index contributed by atoms with van der Waals surface area (Å²) >= 11 is 9.60. The molecule has 2 heterocycles. The van der Waals surface area contributed by atoms with Crippen LogP contribution in [-0.4, -0.2) is 9.97 Å². The van der Waals surface area contributed by atoms with Crippen LogP contribution in [0.2, 0.25) is 5.02 Å². The minimum Gasteiger partial charge on any atom is -0.379 e. The highest BCUT2D eigenvalue weighted by Crippen LogP contribution is 2.28. The second kappa shape index (κ2) is 5.77. The van der Waals surface area contributed by atoms with Crippen LogP contribution in [0.4, 0.5) is 5.69 Å². The van der Waals surface area contributed by atoms with Gasteiger partial charge in [-0.3, -0.25) is 9.97 Å². The van der Waals surface area contributed by atoms with E-state index in [1.54, 1.807) is 12.4 Å². The first-order chi connectivity index (χ1) is 9.74. The van der Waals surface area contributed by atoms with Crippen molar-refractivity contribution in [3.05, 3.63) is 64.0 Å². The van der Waals surface area contributed by atoms with Crippen molar-refractivity contribution in [3.8, 4) is 0 Å². The molecule has 0 saturated carbocycles. The van der Waals surface area contributed by atoms with Crippen LogP contribution in [0.1, 0.15) is 5.56 Å². The molecule has 0 aliphatic carbocycles. The molecule has 0 aliphatic heterocycles. The molecule has 3 aromatic rings. The van der Waals surface area contributed by atoms with E-state index in [2.05, 4.69) is 31.2 Å². The average molecular weight is 349 g/mol. The molecule has 0 radical (unpaired) electrons. The number of nitrogens with one attached hydrogen (secondary N) is 1. The zero-order valence-corrected chi connectivity index (χ0v) is 12.8. The molecule has 0 amide bonds. The Kier molecular flexibility index (Phi) is 3.85. The average Bonchev–Trinajstić information content (AvgIpc) is 2.47. The van der Waals surface area contributed by atoms with Crippen molar-refractivity contribution in [1.29, 1.82) is 0 Å². The predicted octanol–water partition coefficient (Wildman–Crippen LogP) is 4.66. The fourth-order valence-corrected chi connectivity index (χ4v) is 2.66. The summed E-state index contributed by atoms with van der Waals surface area (Å²) in [5.74, 6) is 0. The maximum Gasteiger partial charge on any atom is 0.0948 e. The van der Waals surface area contributed by atoms with E-state index in [1.165, 1.54) is 0 Å². The van der Waals surface area contributed by atoms with E-state index in [4.69, 9.17) is 11.6 Å². The second-order valence-corrected chi connectivity index (χ2v) is 5.68. The monoisotopic (exact) mass is 347 g/mol. The summed E-state index contributed by atoms with van der Waals surface area (Å²) in [4.78, 5) is 8.55. The van der Waals surface area contributed by atoms with Crippen LogP contribution in [0.25, 0.3) is 10.9 Å². The predicted molar refractivity (Wildman–Crippen MR) is 86.0 cm³/mol. The van der Waals surface area contributed by atoms with Crippen molar-refractivity contribution in [1.82, 2.24) is 9.97 Å². The summed E-state index contributed by atoms with van der Waals surface area (Å²) in [6.07, 6.45) is 5.37. The molecule has 0 aliphatic rings. The Morgan fingerprint density at radius 1 is 1.20 bits per heavy atom. The first-order valence-corrected chi connectivity index (χ1v) is 7.27. The van der Waals surface area contributed by atoms with Crippen LogP contribution in [0, 0.1) is 0 Å². The molecule has 0 spiro atoms. The smallest absolute Gasteiger partial charge is 0.0948 e. The zero-order valence-electron chi connectivity index (χ0n) is 10.5. The van der Waals surface area contributed by atoms with Crippen LogP contribution in [0.5, 0.6) is 0 Å². The molecular weight excluding hydrogens is 338 g/mol. The lowest BCUT2D eigenvalue weighted by Gasteiger charge is -2.10. The maximum absolute atomic E-state index is 6.18. The lowest BCUT2D eigenvalue weighted by Crippen LogP contribution is -2.01. The SMILES string of the molecule is Clc1ccc(NCc2cncc(Br)c2)c2ncccc12. The fraction of sp³-hybridized carbons (Fsp3) is 0.0667. The van der Waals surface area contributed by atoms with Gasteiger partial charge >= 0.3 is 0 Å². The highest BCUT2D eigenvalue weighted by molar-refractivity contribution is 9.10. The highest BCUT2D eigenvalue weighted by atomic mass is 79.9. The van der Waals surface area contributed by atoms with Gasteiger partial charge in [-0.15, -0.1) is 0 Å². The summed E-state index contributed by atoms with van der Waals surface area (Å²) in [7, 11) is 0. The topological polar surface area (TPSA) is 37.8 Å². The van der Waals surface area contributed by atoms with Gasteiger partial charge in [0, 0.05) is 35.0 Å². The number of halogens is 2. The summed E-state index contributed by atoms with van der Waals surface area (Å²) in [6, 6.07) is 9.72. The molecule has 1 aromatic carbocycles. The minimum absolute atomic E-state index is 0.680. The Morgan fingerprint density at radius 2 is 2.10 bits per heavy atom. The molecule has 20 heavy (non-hydrogen) atoms. The number of hydrogen-bond donors (Lipinski definition) is 1. The molecule has 3 rings (SSSR count). The molecular formula is C15H11BrClN3. The summed E-state index contributed by atoms with van der Waals surface area (Å²) in [5.41, 5.74) is 2.94. The summed E-state index contributed by atoms with van der Waals surface area (Å²) in [5, 5.41) is 5.04. The van der Waals surface area contributed by atoms with Crippen LogP contribution < -0.4 is 5.32 Å². The third-order valence-corrected chi connectivity index (χ3v) is 3.72. The third-order valence-electron chi connectivity index (χ3n) is 2.96. The molecule has 1 N–H and O–H groups in total. The van der Waals surface area contributed by atoms with Crippen molar-refractivity contribution < 1.29 is 0 Å². The molecule has 5 heteroatoms. The van der Waals surface area contributed by atoms with Gasteiger partial charge < -0.3 is 5.32 Å². The van der Waals surface area contributed by atoms with E-state index >= 15 is 0 Å². The number of anilines is 1. The number of aromatic nitrogens is 2. The number of nitrogens with zero attached hydrogens (tertiary/aromatic N) is 2. The van der Waals surface area contributed by atoms with Crippen molar-refractivity contribution in [2.24, 2.45) is 0 Å². The number of pyridine rings is 2. The van der Waals surface area contributed by atoms with E-state index in [0.29, 0.717) is 11.6 Å². The van der Waals surface area contributed by atoms with Gasteiger partial charge in [0.15, 0.2) is 0 Å². The summed E-state index contributed by atoms with van der Waals surface area (Å²) < 4.78 is 0.968. The number of hydrogen-bond acceptors (Lipinski definition) is 3. The zero-order chi connectivity index (χ0) is 13.9. The second-order valence-electron chi connectivity index (χ2n) is 4.36. The number of benzene rings is 1. The number of fused-ring (bicyclic) bond motifs is 1. The van der Waals surface area contributed by atoms with Crippen molar-refractivity contribution in [2.75, 3.05) is 5.32 Å². The van der Waals surface area contributed by atoms with Gasteiger partial charge in [-0.1, -0.05) is 11.6 Å². The van der Waals surface area contributed by atoms with Gasteiger partial charge in [0.1, 0.15) is 0 Å². The minimum atomic E-state index is 0.680. The first kappa shape index (κ1) is 13.3. The maximum atomic E-state index is 6.18. The Hall–Kier alpha value is -1.65. The van der Waals surface area contributed by atoms with E-state index < -0.39 is 0 Å². The molecule has 0 unspecified atom stereocenters. The summed E-state index contributed by atoms with van der Waals surface area (Å²) in [6.45, 7) is 0.680. The van der Waals surface area contributed by atoms with Gasteiger partial charge in [-0.2, -0.15) is 0 Å². The van der Waals surface area contributed by atoms with Gasteiger partial charge in [0.05, 0.1) is 16.2 Å². The lowest BCUT2D eigenvalue weighted by molar-refractivity contribution is 1.11. The Morgan fingerprint density at radius 3 is 2.95 bits per heavy atom. The molecule has 2 aromatic heterocycles. The van der Waals surface area contributed by atoms with Gasteiger partial charge in [-0.25, -0.2) is 0 Å². The van der Waals surface area contributed by atoms with E-state index in [9.17, 15) is 0 Å². The third kappa shape index (κ3) is 2.76.